The molecule has 2 heterocycles. The molecule has 0 aliphatic rings. The third-order valence-corrected chi connectivity index (χ3v) is 3.39. The quantitative estimate of drug-likeness (QED) is 0.710. The van der Waals surface area contributed by atoms with Crippen LogP contribution in [0.1, 0.15) is 17.3 Å². The van der Waals surface area contributed by atoms with Crippen molar-refractivity contribution in [2.75, 3.05) is 12.3 Å². The number of hydrogen-bond acceptors (Lipinski definition) is 5. The van der Waals surface area contributed by atoms with Crippen LogP contribution in [0.3, 0.4) is 0 Å². The molecule has 3 N–H and O–H groups in total. The maximum Gasteiger partial charge on any atom is 0.345 e. The van der Waals surface area contributed by atoms with Gasteiger partial charge in [0.05, 0.1) is 18.5 Å². The molecule has 3 aromatic rings. The molecule has 0 saturated heterocycles. The molecule has 3 rings (SSSR count). The number of anilines is 1. The van der Waals surface area contributed by atoms with Crippen molar-refractivity contribution in [3.05, 3.63) is 51.9 Å². The fourth-order valence-electron chi connectivity index (χ4n) is 2.30. The second-order valence-corrected chi connectivity index (χ2v) is 4.87. The van der Waals surface area contributed by atoms with Crippen LogP contribution < -0.4 is 11.3 Å². The lowest BCUT2D eigenvalue weighted by molar-refractivity contribution is 0.0523. The number of hydrogen-bond donors (Lipinski definition) is 2. The van der Waals surface area contributed by atoms with E-state index in [1.54, 1.807) is 6.92 Å². The summed E-state index contributed by atoms with van der Waals surface area (Å²) in [6, 6.07) is 2.94. The lowest BCUT2D eigenvalue weighted by Gasteiger charge is -2.03. The largest absolute Gasteiger partial charge is 0.462 e. The lowest BCUT2D eigenvalue weighted by Crippen LogP contribution is -2.24. The lowest BCUT2D eigenvalue weighted by atomic mass is 10.1. The van der Waals surface area contributed by atoms with Crippen molar-refractivity contribution in [3.63, 3.8) is 0 Å². The molecule has 0 spiro atoms. The van der Waals surface area contributed by atoms with E-state index >= 15 is 0 Å². The number of nitrogen functional groups attached to an aromatic ring is 1. The van der Waals surface area contributed by atoms with Gasteiger partial charge in [0.1, 0.15) is 23.0 Å². The highest BCUT2D eigenvalue weighted by atomic mass is 19.1. The zero-order chi connectivity index (χ0) is 17.4. The molecule has 0 saturated carbocycles. The standard InChI is InChI=1S/C15H12F2N4O3/c1-2-24-14(23)9-6-19-15-20-11(12(18)21(15)13(9)22)8-4-3-7(16)5-10(8)17/h3-6H,2,18H2,1H3,(H,19,20). The SMILES string of the molecule is CCOC(=O)c1cnc2[nH]c(-c3ccc(F)cc3F)c(N)n2c1=O. The van der Waals surface area contributed by atoms with Gasteiger partial charge in [0.15, 0.2) is 0 Å². The molecule has 124 valence electrons. The summed E-state index contributed by atoms with van der Waals surface area (Å²) in [7, 11) is 0. The Bertz CT molecular complexity index is 1010. The fraction of sp³-hybridized carbons (Fsp3) is 0.133. The van der Waals surface area contributed by atoms with Crippen LogP contribution in [0, 0.1) is 11.6 Å². The summed E-state index contributed by atoms with van der Waals surface area (Å²) in [5.41, 5.74) is 4.87. The number of fused-ring (bicyclic) bond motifs is 1. The summed E-state index contributed by atoms with van der Waals surface area (Å²) < 4.78 is 32.7. The van der Waals surface area contributed by atoms with Gasteiger partial charge in [-0.3, -0.25) is 4.79 Å². The van der Waals surface area contributed by atoms with Crippen LogP contribution in [0.25, 0.3) is 17.0 Å². The minimum Gasteiger partial charge on any atom is -0.462 e. The van der Waals surface area contributed by atoms with E-state index < -0.39 is 23.2 Å². The first-order valence-corrected chi connectivity index (χ1v) is 6.95. The molecule has 2 aromatic heterocycles. The van der Waals surface area contributed by atoms with Gasteiger partial charge in [-0.1, -0.05) is 0 Å². The highest BCUT2D eigenvalue weighted by Crippen LogP contribution is 2.27. The Hall–Kier alpha value is -3.23. The fourth-order valence-corrected chi connectivity index (χ4v) is 2.30. The minimum atomic E-state index is -0.855. The molecule has 0 aliphatic heterocycles. The molecular weight excluding hydrogens is 322 g/mol. The first-order valence-electron chi connectivity index (χ1n) is 6.95. The van der Waals surface area contributed by atoms with Crippen molar-refractivity contribution >= 4 is 17.6 Å². The van der Waals surface area contributed by atoms with Crippen LogP contribution in [0.4, 0.5) is 14.6 Å². The van der Waals surface area contributed by atoms with E-state index in [2.05, 4.69) is 9.97 Å². The van der Waals surface area contributed by atoms with Crippen molar-refractivity contribution in [2.45, 2.75) is 6.92 Å². The molecule has 24 heavy (non-hydrogen) atoms. The van der Waals surface area contributed by atoms with E-state index in [1.165, 1.54) is 6.07 Å². The van der Waals surface area contributed by atoms with E-state index in [1.807, 2.05) is 0 Å². The average Bonchev–Trinajstić information content (AvgIpc) is 2.85. The predicted molar refractivity (Wildman–Crippen MR) is 81.5 cm³/mol. The monoisotopic (exact) mass is 334 g/mol. The Morgan fingerprint density at radius 2 is 2.17 bits per heavy atom. The third kappa shape index (κ3) is 2.39. The predicted octanol–water partition coefficient (Wildman–Crippen LogP) is 1.73. The van der Waals surface area contributed by atoms with Crippen molar-refractivity contribution < 1.29 is 18.3 Å². The van der Waals surface area contributed by atoms with E-state index in [0.717, 1.165) is 16.7 Å². The Morgan fingerprint density at radius 3 is 2.83 bits per heavy atom. The number of nitrogens with two attached hydrogens (primary N) is 1. The Balaban J connectivity index is 2.23. The number of ether oxygens (including phenoxy) is 1. The van der Waals surface area contributed by atoms with Gasteiger partial charge in [-0.05, 0) is 19.1 Å². The zero-order valence-corrected chi connectivity index (χ0v) is 12.5. The molecule has 0 radical (unpaired) electrons. The first-order chi connectivity index (χ1) is 11.4. The van der Waals surface area contributed by atoms with Crippen LogP contribution in [-0.4, -0.2) is 26.9 Å². The molecule has 0 aliphatic carbocycles. The average molecular weight is 334 g/mol. The second kappa shape index (κ2) is 5.76. The van der Waals surface area contributed by atoms with Crippen molar-refractivity contribution in [1.82, 2.24) is 14.4 Å². The first kappa shape index (κ1) is 15.7. The summed E-state index contributed by atoms with van der Waals surface area (Å²) in [5.74, 6) is -2.57. The van der Waals surface area contributed by atoms with Crippen LogP contribution in [0.2, 0.25) is 0 Å². The van der Waals surface area contributed by atoms with Gasteiger partial charge >= 0.3 is 5.97 Å². The summed E-state index contributed by atoms with van der Waals surface area (Å²) in [5, 5.41) is 0. The molecule has 0 fully saturated rings. The summed E-state index contributed by atoms with van der Waals surface area (Å²) in [6.45, 7) is 1.69. The number of benzene rings is 1. The maximum atomic E-state index is 14.0. The van der Waals surface area contributed by atoms with Gasteiger partial charge in [-0.2, -0.15) is 0 Å². The van der Waals surface area contributed by atoms with Crippen LogP contribution >= 0.6 is 0 Å². The van der Waals surface area contributed by atoms with E-state index in [0.29, 0.717) is 6.07 Å². The van der Waals surface area contributed by atoms with Crippen LogP contribution in [-0.2, 0) is 4.74 Å². The van der Waals surface area contributed by atoms with Gasteiger partial charge in [-0.25, -0.2) is 23.0 Å². The van der Waals surface area contributed by atoms with Gasteiger partial charge in [0, 0.05) is 11.6 Å². The van der Waals surface area contributed by atoms with Gasteiger partial charge in [0.25, 0.3) is 5.56 Å². The van der Waals surface area contributed by atoms with Gasteiger partial charge in [0.2, 0.25) is 5.78 Å². The molecule has 7 nitrogen and oxygen atoms in total. The number of H-pyrrole nitrogens is 1. The smallest absolute Gasteiger partial charge is 0.345 e. The number of carbonyl (C=O) groups excluding carboxylic acids is 1. The van der Waals surface area contributed by atoms with Crippen molar-refractivity contribution in [3.8, 4) is 11.3 Å². The molecule has 9 heteroatoms. The van der Waals surface area contributed by atoms with Crippen LogP contribution in [0.15, 0.2) is 29.2 Å². The molecular formula is C15H12F2N4O3. The Kier molecular flexibility index (Phi) is 3.76. The van der Waals surface area contributed by atoms with Crippen molar-refractivity contribution in [1.29, 1.82) is 0 Å². The van der Waals surface area contributed by atoms with Crippen LogP contribution in [0.5, 0.6) is 0 Å². The normalized spacial score (nSPS) is 11.0. The maximum absolute atomic E-state index is 14.0. The number of esters is 1. The molecule has 0 amide bonds. The minimum absolute atomic E-state index is 0.0178. The highest BCUT2D eigenvalue weighted by Gasteiger charge is 2.20. The summed E-state index contributed by atoms with van der Waals surface area (Å²) in [4.78, 5) is 30.8. The molecule has 0 atom stereocenters. The van der Waals surface area contributed by atoms with Gasteiger partial charge < -0.3 is 15.5 Å². The van der Waals surface area contributed by atoms with E-state index in [9.17, 15) is 18.4 Å². The number of carbonyl (C=O) groups is 1. The second-order valence-electron chi connectivity index (χ2n) is 4.87. The molecule has 1 aromatic carbocycles. The van der Waals surface area contributed by atoms with E-state index in [-0.39, 0.29) is 35.0 Å². The number of aromatic nitrogens is 3. The topological polar surface area (TPSA) is 102 Å². The number of nitrogens with one attached hydrogen (secondary N) is 1. The number of imidazole rings is 1. The third-order valence-electron chi connectivity index (χ3n) is 3.39. The Morgan fingerprint density at radius 1 is 1.42 bits per heavy atom. The molecule has 0 unspecified atom stereocenters. The summed E-state index contributed by atoms with van der Waals surface area (Å²) in [6.07, 6.45) is 1.05. The number of aromatic amines is 1. The van der Waals surface area contributed by atoms with Crippen molar-refractivity contribution in [2.24, 2.45) is 0 Å². The highest BCUT2D eigenvalue weighted by molar-refractivity contribution is 5.89. The van der Waals surface area contributed by atoms with E-state index in [4.69, 9.17) is 10.5 Å². The zero-order valence-electron chi connectivity index (χ0n) is 12.5. The molecule has 0 bridgehead atoms. The number of nitrogens with zero attached hydrogens (tertiary/aromatic N) is 2. The summed E-state index contributed by atoms with van der Waals surface area (Å²) >= 11 is 0. The Labute approximate surface area is 133 Å². The number of halogens is 2. The number of rotatable bonds is 3. The van der Waals surface area contributed by atoms with Gasteiger partial charge in [-0.15, -0.1) is 0 Å².